The van der Waals surface area contributed by atoms with Crippen LogP contribution in [0.1, 0.15) is 11.1 Å². The number of rotatable bonds is 5. The normalized spacial score (nSPS) is 10.1. The Labute approximate surface area is 150 Å². The van der Waals surface area contributed by atoms with Gasteiger partial charge in [0.2, 0.25) is 0 Å². The van der Waals surface area contributed by atoms with Gasteiger partial charge in [0.15, 0.2) is 6.61 Å². The number of carbonyl (C=O) groups excluding carboxylic acids is 2. The molecule has 3 aromatic rings. The van der Waals surface area contributed by atoms with Crippen molar-refractivity contribution < 1.29 is 14.3 Å². The van der Waals surface area contributed by atoms with E-state index in [2.05, 4.69) is 5.32 Å². The Morgan fingerprint density at radius 1 is 0.962 bits per heavy atom. The lowest BCUT2D eigenvalue weighted by molar-refractivity contribution is -0.146. The number of hydrogen-bond donors (Lipinski definition) is 1. The molecule has 3 aromatic carbocycles. The van der Waals surface area contributed by atoms with Crippen molar-refractivity contribution in [3.05, 3.63) is 77.9 Å². The van der Waals surface area contributed by atoms with Crippen molar-refractivity contribution in [2.24, 2.45) is 0 Å². The standard InChI is InChI=1S/C21H16N2O3/c22-13-15-8-10-18(11-9-15)23-20(24)14-26-21(25)12-17-6-3-5-16-4-1-2-7-19(16)17/h1-11H,12,14H2,(H,23,24). The zero-order valence-electron chi connectivity index (χ0n) is 13.9. The molecule has 0 radical (unpaired) electrons. The predicted octanol–water partition coefficient (Wildman–Crippen LogP) is 3.44. The van der Waals surface area contributed by atoms with Crippen LogP contribution in [0.25, 0.3) is 10.8 Å². The molecule has 0 saturated heterocycles. The molecule has 0 saturated carbocycles. The zero-order valence-corrected chi connectivity index (χ0v) is 13.9. The average Bonchev–Trinajstić information content (AvgIpc) is 2.67. The maximum absolute atomic E-state index is 12.1. The van der Waals surface area contributed by atoms with Crippen LogP contribution in [0.2, 0.25) is 0 Å². The fraction of sp³-hybridized carbons (Fsp3) is 0.0952. The summed E-state index contributed by atoms with van der Waals surface area (Å²) in [4.78, 5) is 23.9. The minimum absolute atomic E-state index is 0.103. The van der Waals surface area contributed by atoms with E-state index in [-0.39, 0.29) is 13.0 Å². The largest absolute Gasteiger partial charge is 0.455 e. The molecule has 5 nitrogen and oxygen atoms in total. The van der Waals surface area contributed by atoms with Crippen LogP contribution in [0.15, 0.2) is 66.7 Å². The van der Waals surface area contributed by atoms with Gasteiger partial charge in [-0.15, -0.1) is 0 Å². The lowest BCUT2D eigenvalue weighted by atomic mass is 10.0. The second-order valence-corrected chi connectivity index (χ2v) is 5.71. The Bertz CT molecular complexity index is 983. The lowest BCUT2D eigenvalue weighted by Gasteiger charge is -2.08. The second-order valence-electron chi connectivity index (χ2n) is 5.71. The van der Waals surface area contributed by atoms with Gasteiger partial charge in [0, 0.05) is 5.69 Å². The Hall–Kier alpha value is -3.65. The van der Waals surface area contributed by atoms with Crippen molar-refractivity contribution >= 4 is 28.3 Å². The van der Waals surface area contributed by atoms with Crippen LogP contribution < -0.4 is 5.32 Å². The van der Waals surface area contributed by atoms with E-state index in [9.17, 15) is 9.59 Å². The fourth-order valence-corrected chi connectivity index (χ4v) is 2.62. The number of nitriles is 1. The summed E-state index contributed by atoms with van der Waals surface area (Å²) in [5.74, 6) is -0.891. The summed E-state index contributed by atoms with van der Waals surface area (Å²) in [5, 5.41) is 13.4. The average molecular weight is 344 g/mol. The van der Waals surface area contributed by atoms with Crippen LogP contribution in [-0.4, -0.2) is 18.5 Å². The third kappa shape index (κ3) is 4.25. The van der Waals surface area contributed by atoms with Crippen LogP contribution in [0, 0.1) is 11.3 Å². The van der Waals surface area contributed by atoms with Crippen LogP contribution in [0.5, 0.6) is 0 Å². The van der Waals surface area contributed by atoms with Crippen LogP contribution in [-0.2, 0) is 20.7 Å². The molecular weight excluding hydrogens is 328 g/mol. The van der Waals surface area contributed by atoms with Crippen molar-refractivity contribution in [3.8, 4) is 6.07 Å². The Balaban J connectivity index is 1.55. The Morgan fingerprint density at radius 3 is 2.46 bits per heavy atom. The minimum atomic E-state index is -0.462. The highest BCUT2D eigenvalue weighted by atomic mass is 16.5. The summed E-state index contributed by atoms with van der Waals surface area (Å²) in [6.07, 6.45) is 0.103. The molecule has 0 bridgehead atoms. The molecule has 0 aliphatic heterocycles. The van der Waals surface area contributed by atoms with E-state index < -0.39 is 11.9 Å². The molecule has 0 spiro atoms. The van der Waals surface area contributed by atoms with Gasteiger partial charge in [-0.2, -0.15) is 5.26 Å². The number of esters is 1. The highest BCUT2D eigenvalue weighted by molar-refractivity contribution is 5.93. The molecule has 26 heavy (non-hydrogen) atoms. The number of amides is 1. The van der Waals surface area contributed by atoms with Gasteiger partial charge >= 0.3 is 5.97 Å². The van der Waals surface area contributed by atoms with Gasteiger partial charge in [-0.3, -0.25) is 9.59 Å². The second kappa shape index (κ2) is 7.95. The van der Waals surface area contributed by atoms with E-state index in [1.54, 1.807) is 24.3 Å². The van der Waals surface area contributed by atoms with E-state index in [0.29, 0.717) is 11.3 Å². The molecular formula is C21H16N2O3. The Morgan fingerprint density at radius 2 is 1.69 bits per heavy atom. The van der Waals surface area contributed by atoms with E-state index in [0.717, 1.165) is 16.3 Å². The zero-order chi connectivity index (χ0) is 18.4. The highest BCUT2D eigenvalue weighted by Gasteiger charge is 2.11. The highest BCUT2D eigenvalue weighted by Crippen LogP contribution is 2.19. The molecule has 0 heterocycles. The topological polar surface area (TPSA) is 79.2 Å². The maximum Gasteiger partial charge on any atom is 0.310 e. The molecule has 0 aromatic heterocycles. The van der Waals surface area contributed by atoms with Gasteiger partial charge in [-0.1, -0.05) is 42.5 Å². The summed E-state index contributed by atoms with van der Waals surface area (Å²) in [7, 11) is 0. The summed E-state index contributed by atoms with van der Waals surface area (Å²) in [5.41, 5.74) is 1.91. The van der Waals surface area contributed by atoms with Crippen LogP contribution in [0.4, 0.5) is 5.69 Å². The monoisotopic (exact) mass is 344 g/mol. The number of ether oxygens (including phenoxy) is 1. The third-order valence-electron chi connectivity index (χ3n) is 3.88. The van der Waals surface area contributed by atoms with Gasteiger partial charge < -0.3 is 10.1 Å². The number of carbonyl (C=O) groups is 2. The van der Waals surface area contributed by atoms with Crippen molar-refractivity contribution in [3.63, 3.8) is 0 Å². The molecule has 1 N–H and O–H groups in total. The van der Waals surface area contributed by atoms with Gasteiger partial charge in [-0.05, 0) is 40.6 Å². The predicted molar refractivity (Wildman–Crippen MR) is 98.4 cm³/mol. The lowest BCUT2D eigenvalue weighted by Crippen LogP contribution is -2.21. The van der Waals surface area contributed by atoms with Crippen LogP contribution >= 0.6 is 0 Å². The number of nitrogens with zero attached hydrogens (tertiary/aromatic N) is 1. The first kappa shape index (κ1) is 17.2. The SMILES string of the molecule is N#Cc1ccc(NC(=O)COC(=O)Cc2cccc3ccccc23)cc1. The van der Waals surface area contributed by atoms with Gasteiger partial charge in [0.25, 0.3) is 5.91 Å². The van der Waals surface area contributed by atoms with Gasteiger partial charge in [-0.25, -0.2) is 0 Å². The molecule has 0 aliphatic rings. The van der Waals surface area contributed by atoms with E-state index >= 15 is 0 Å². The van der Waals surface area contributed by atoms with Crippen LogP contribution in [0.3, 0.4) is 0 Å². The van der Waals surface area contributed by atoms with Crippen molar-refractivity contribution in [1.29, 1.82) is 5.26 Å². The number of benzene rings is 3. The first-order valence-electron chi connectivity index (χ1n) is 8.08. The number of fused-ring (bicyclic) bond motifs is 1. The molecule has 128 valence electrons. The van der Waals surface area contributed by atoms with Crippen molar-refractivity contribution in [2.45, 2.75) is 6.42 Å². The maximum atomic E-state index is 12.1. The number of anilines is 1. The first-order chi connectivity index (χ1) is 12.7. The quantitative estimate of drug-likeness (QED) is 0.719. The molecule has 1 amide bonds. The molecule has 0 unspecified atom stereocenters. The van der Waals surface area contributed by atoms with E-state index in [1.807, 2.05) is 48.5 Å². The molecule has 0 fully saturated rings. The van der Waals surface area contributed by atoms with Gasteiger partial charge in [0.1, 0.15) is 0 Å². The number of nitrogens with one attached hydrogen (secondary N) is 1. The molecule has 0 aliphatic carbocycles. The first-order valence-corrected chi connectivity index (χ1v) is 8.08. The number of hydrogen-bond acceptors (Lipinski definition) is 4. The molecule has 5 heteroatoms. The Kier molecular flexibility index (Phi) is 5.25. The van der Waals surface area contributed by atoms with Crippen molar-refractivity contribution in [2.75, 3.05) is 11.9 Å². The molecule has 3 rings (SSSR count). The third-order valence-corrected chi connectivity index (χ3v) is 3.88. The summed E-state index contributed by atoms with van der Waals surface area (Å²) >= 11 is 0. The summed E-state index contributed by atoms with van der Waals surface area (Å²) < 4.78 is 5.07. The van der Waals surface area contributed by atoms with E-state index in [4.69, 9.17) is 10.00 Å². The minimum Gasteiger partial charge on any atom is -0.455 e. The fourth-order valence-electron chi connectivity index (χ4n) is 2.62. The van der Waals surface area contributed by atoms with Gasteiger partial charge in [0.05, 0.1) is 18.1 Å². The van der Waals surface area contributed by atoms with E-state index in [1.165, 1.54) is 0 Å². The summed E-state index contributed by atoms with van der Waals surface area (Å²) in [6.45, 7) is -0.358. The molecule has 0 atom stereocenters. The smallest absolute Gasteiger partial charge is 0.310 e. The van der Waals surface area contributed by atoms with Crippen molar-refractivity contribution in [1.82, 2.24) is 0 Å². The summed E-state index contributed by atoms with van der Waals surface area (Å²) in [6, 6.07) is 22.0.